The van der Waals surface area contributed by atoms with Crippen LogP contribution in [0.1, 0.15) is 0 Å². The van der Waals surface area contributed by atoms with E-state index in [4.69, 9.17) is 0 Å². The number of likely N-dealkylation sites (N-methyl/N-ethyl adjacent to an activating group) is 1. The molecule has 0 saturated heterocycles. The van der Waals surface area contributed by atoms with Crippen molar-refractivity contribution in [3.63, 3.8) is 0 Å². The van der Waals surface area contributed by atoms with Crippen molar-refractivity contribution < 1.29 is 18.5 Å². The molecule has 0 saturated carbocycles. The Balaban J connectivity index is 3.29. The third-order valence-corrected chi connectivity index (χ3v) is 1.42. The Morgan fingerprint density at radius 1 is 1.50 bits per heavy atom. The third kappa shape index (κ3) is 8.11. The van der Waals surface area contributed by atoms with Crippen LogP contribution in [0.3, 0.4) is 0 Å². The lowest BCUT2D eigenvalue weighted by atomic mass is 10.5. The van der Waals surface area contributed by atoms with Gasteiger partial charge in [-0.15, -0.1) is 0 Å². The molecule has 62 valence electrons. The average Bonchev–Trinajstić information content (AvgIpc) is 1.59. The molecule has 0 aromatic heterocycles. The molecule has 0 heterocycles. The molecule has 0 N–H and O–H groups in total. The van der Waals surface area contributed by atoms with Gasteiger partial charge in [0.2, 0.25) is 0 Å². The fourth-order valence-corrected chi connectivity index (χ4v) is 0.661. The van der Waals surface area contributed by atoms with E-state index in [1.807, 2.05) is 21.1 Å². The molecular weight excluding hydrogens is 153 g/mol. The highest BCUT2D eigenvalue weighted by Crippen LogP contribution is 2.07. The van der Waals surface area contributed by atoms with Gasteiger partial charge in [0.1, 0.15) is 21.4 Å². The summed E-state index contributed by atoms with van der Waals surface area (Å²) in [4.78, 5) is 9.93. The predicted molar refractivity (Wildman–Crippen MR) is 37.9 cm³/mol. The summed E-state index contributed by atoms with van der Waals surface area (Å²) in [6, 6.07) is 0. The second-order valence-electron chi connectivity index (χ2n) is 3.11. The highest BCUT2D eigenvalue weighted by atomic mass is 31.1. The van der Waals surface area contributed by atoms with Gasteiger partial charge in [-0.05, 0) is 0 Å². The highest BCUT2D eigenvalue weighted by Gasteiger charge is 2.04. The van der Waals surface area contributed by atoms with Crippen LogP contribution in [0.15, 0.2) is 0 Å². The lowest BCUT2D eigenvalue weighted by Crippen LogP contribution is -2.37. The van der Waals surface area contributed by atoms with Gasteiger partial charge >= 0.3 is 0 Å². The van der Waals surface area contributed by atoms with Gasteiger partial charge in [-0.25, -0.2) is 0 Å². The summed E-state index contributed by atoms with van der Waals surface area (Å²) in [7, 11) is 2.97. The standard InChI is InChI=1S/C5H14NO3P/c1-6(2,3)4-5-9-10(7)8/h10H,4-5H2,1-3H3. The van der Waals surface area contributed by atoms with Crippen molar-refractivity contribution in [3.05, 3.63) is 0 Å². The third-order valence-electron chi connectivity index (χ3n) is 0.982. The van der Waals surface area contributed by atoms with Crippen LogP contribution in [0.2, 0.25) is 0 Å². The first-order chi connectivity index (χ1) is 4.42. The molecule has 5 heteroatoms. The van der Waals surface area contributed by atoms with Gasteiger partial charge in [0.15, 0.2) is 0 Å². The van der Waals surface area contributed by atoms with Gasteiger partial charge < -0.3 is 18.5 Å². The predicted octanol–water partition coefficient (Wildman–Crippen LogP) is -0.541. The first-order valence-corrected chi connectivity index (χ1v) is 4.28. The Morgan fingerprint density at radius 2 is 2.00 bits per heavy atom. The summed E-state index contributed by atoms with van der Waals surface area (Å²) in [6.07, 6.45) is 0. The first-order valence-electron chi connectivity index (χ1n) is 3.06. The van der Waals surface area contributed by atoms with Crippen LogP contribution in [0.5, 0.6) is 0 Å². The summed E-state index contributed by atoms with van der Waals surface area (Å²) in [5.74, 6) is 0. The summed E-state index contributed by atoms with van der Waals surface area (Å²) >= 11 is 0. The summed E-state index contributed by atoms with van der Waals surface area (Å²) in [5, 5.41) is 0. The highest BCUT2D eigenvalue weighted by molar-refractivity contribution is 7.30. The van der Waals surface area contributed by atoms with E-state index in [1.165, 1.54) is 0 Å². The van der Waals surface area contributed by atoms with Crippen molar-refractivity contribution in [3.8, 4) is 0 Å². The fourth-order valence-electron chi connectivity index (χ4n) is 0.403. The van der Waals surface area contributed by atoms with E-state index in [0.29, 0.717) is 6.54 Å². The SMILES string of the molecule is C[N+](C)(C)CCO[PH](=O)[O-]. The van der Waals surface area contributed by atoms with Crippen LogP contribution in [-0.4, -0.2) is 38.8 Å². The topological polar surface area (TPSA) is 49.4 Å². The minimum absolute atomic E-state index is 0.283. The van der Waals surface area contributed by atoms with E-state index < -0.39 is 8.25 Å². The number of nitrogens with zero attached hydrogens (tertiary/aromatic N) is 1. The Kier molecular flexibility index (Phi) is 4.13. The molecule has 1 unspecified atom stereocenters. The Hall–Kier alpha value is 0.110. The van der Waals surface area contributed by atoms with E-state index in [9.17, 15) is 9.46 Å². The lowest BCUT2D eigenvalue weighted by molar-refractivity contribution is -0.870. The number of hydrogen-bond acceptors (Lipinski definition) is 3. The van der Waals surface area contributed by atoms with E-state index in [1.54, 1.807) is 0 Å². The number of quaternary nitrogens is 1. The van der Waals surface area contributed by atoms with Gasteiger partial charge in [0.25, 0.3) is 0 Å². The monoisotopic (exact) mass is 167 g/mol. The summed E-state index contributed by atoms with van der Waals surface area (Å²) < 4.78 is 15.0. The zero-order chi connectivity index (χ0) is 8.20. The second kappa shape index (κ2) is 4.09. The quantitative estimate of drug-likeness (QED) is 0.417. The van der Waals surface area contributed by atoms with Gasteiger partial charge in [0, 0.05) is 0 Å². The molecule has 0 aliphatic rings. The average molecular weight is 167 g/mol. The van der Waals surface area contributed by atoms with Gasteiger partial charge in [-0.1, -0.05) is 0 Å². The van der Waals surface area contributed by atoms with Crippen molar-refractivity contribution in [1.29, 1.82) is 0 Å². The minimum atomic E-state index is -2.97. The van der Waals surface area contributed by atoms with Crippen molar-refractivity contribution in [2.45, 2.75) is 0 Å². The summed E-state index contributed by atoms with van der Waals surface area (Å²) in [6.45, 7) is 0.990. The maximum absolute atomic E-state index is 9.93. The van der Waals surface area contributed by atoms with E-state index in [2.05, 4.69) is 4.52 Å². The molecular formula is C5H14NO3P. The van der Waals surface area contributed by atoms with Crippen LogP contribution >= 0.6 is 8.25 Å². The zero-order valence-electron chi connectivity index (χ0n) is 6.59. The lowest BCUT2D eigenvalue weighted by Gasteiger charge is -2.23. The summed E-state index contributed by atoms with van der Waals surface area (Å²) in [5.41, 5.74) is 0. The van der Waals surface area contributed by atoms with Crippen molar-refractivity contribution in [2.24, 2.45) is 0 Å². The van der Waals surface area contributed by atoms with Crippen LogP contribution in [0, 0.1) is 0 Å². The Labute approximate surface area is 62.0 Å². The Bertz CT molecular complexity index is 121. The molecule has 0 aromatic rings. The molecule has 0 rings (SSSR count). The smallest absolute Gasteiger partial charge is 0.122 e. The molecule has 10 heavy (non-hydrogen) atoms. The van der Waals surface area contributed by atoms with Crippen molar-refractivity contribution >= 4 is 8.25 Å². The van der Waals surface area contributed by atoms with Crippen molar-refractivity contribution in [2.75, 3.05) is 34.3 Å². The molecule has 0 aromatic carbocycles. The van der Waals surface area contributed by atoms with E-state index in [0.717, 1.165) is 4.48 Å². The zero-order valence-corrected chi connectivity index (χ0v) is 7.59. The van der Waals surface area contributed by atoms with E-state index >= 15 is 0 Å². The molecule has 1 atom stereocenters. The number of rotatable bonds is 4. The maximum Gasteiger partial charge on any atom is 0.122 e. The molecule has 0 aliphatic carbocycles. The van der Waals surface area contributed by atoms with Crippen LogP contribution in [-0.2, 0) is 9.09 Å². The van der Waals surface area contributed by atoms with Crippen molar-refractivity contribution in [1.82, 2.24) is 0 Å². The second-order valence-corrected chi connectivity index (χ2v) is 3.90. The van der Waals surface area contributed by atoms with E-state index in [-0.39, 0.29) is 6.61 Å². The van der Waals surface area contributed by atoms with Crippen LogP contribution < -0.4 is 4.89 Å². The fraction of sp³-hybridized carbons (Fsp3) is 1.00. The van der Waals surface area contributed by atoms with Gasteiger partial charge in [-0.2, -0.15) is 0 Å². The molecule has 0 spiro atoms. The maximum atomic E-state index is 9.93. The molecule has 4 nitrogen and oxygen atoms in total. The first kappa shape index (κ1) is 10.1. The molecule has 0 fully saturated rings. The largest absolute Gasteiger partial charge is 0.781 e. The number of hydrogen-bond donors (Lipinski definition) is 0. The Morgan fingerprint density at radius 3 is 2.30 bits per heavy atom. The van der Waals surface area contributed by atoms with Crippen LogP contribution in [0.25, 0.3) is 0 Å². The minimum Gasteiger partial charge on any atom is -0.781 e. The molecule has 0 radical (unpaired) electrons. The molecule has 0 aliphatic heterocycles. The molecule has 0 bridgehead atoms. The van der Waals surface area contributed by atoms with Crippen LogP contribution in [0.4, 0.5) is 0 Å². The van der Waals surface area contributed by atoms with Gasteiger partial charge in [-0.3, -0.25) is 0 Å². The normalized spacial score (nSPS) is 15.2. The molecule has 0 amide bonds. The van der Waals surface area contributed by atoms with Gasteiger partial charge in [0.05, 0.1) is 21.1 Å².